The molecule has 2 N–H and O–H groups in total. The average Bonchev–Trinajstić information content (AvgIpc) is 2.65. The number of aliphatic hydroxyl groups is 1. The number of hydrogen-bond acceptors (Lipinski definition) is 3. The Bertz CT molecular complexity index is 711. The van der Waals surface area contributed by atoms with Gasteiger partial charge in [0.15, 0.2) is 0 Å². The van der Waals surface area contributed by atoms with E-state index in [4.69, 9.17) is 0 Å². The number of piperidine rings is 1. The molecule has 5 heteroatoms. The van der Waals surface area contributed by atoms with Gasteiger partial charge in [0.1, 0.15) is 11.9 Å². The third-order valence-electron chi connectivity index (χ3n) is 5.10. The second-order valence-corrected chi connectivity index (χ2v) is 6.92. The van der Waals surface area contributed by atoms with E-state index in [1.165, 1.54) is 12.1 Å². The van der Waals surface area contributed by atoms with Gasteiger partial charge in [0.2, 0.25) is 5.91 Å². The van der Waals surface area contributed by atoms with Crippen molar-refractivity contribution >= 4 is 11.6 Å². The topological polar surface area (TPSA) is 52.6 Å². The van der Waals surface area contributed by atoms with Crippen molar-refractivity contribution in [2.45, 2.75) is 31.9 Å². The molecule has 0 aliphatic carbocycles. The number of nitrogens with zero attached hydrogens (tertiary/aromatic N) is 1. The van der Waals surface area contributed by atoms with Crippen LogP contribution in [0.2, 0.25) is 0 Å². The van der Waals surface area contributed by atoms with Gasteiger partial charge in [0.05, 0.1) is 6.10 Å². The van der Waals surface area contributed by atoms with Crippen LogP contribution >= 0.6 is 0 Å². The fraction of sp³-hybridized carbons (Fsp3) is 0.381. The molecule has 2 atom stereocenters. The number of hydrogen-bond donors (Lipinski definition) is 2. The predicted molar refractivity (Wildman–Crippen MR) is 100 cm³/mol. The fourth-order valence-corrected chi connectivity index (χ4v) is 3.57. The fourth-order valence-electron chi connectivity index (χ4n) is 3.57. The lowest BCUT2D eigenvalue weighted by Crippen LogP contribution is -2.43. The summed E-state index contributed by atoms with van der Waals surface area (Å²) in [5.41, 5.74) is 1.51. The Morgan fingerprint density at radius 2 is 1.73 bits per heavy atom. The second kappa shape index (κ2) is 8.43. The molecule has 0 bridgehead atoms. The highest BCUT2D eigenvalue weighted by Crippen LogP contribution is 2.29. The van der Waals surface area contributed by atoms with Crippen molar-refractivity contribution in [3.63, 3.8) is 0 Å². The number of aliphatic hydroxyl groups excluding tert-OH is 1. The number of anilines is 1. The van der Waals surface area contributed by atoms with Gasteiger partial charge in [-0.3, -0.25) is 9.69 Å². The maximum atomic E-state index is 13.1. The minimum Gasteiger partial charge on any atom is -0.393 e. The summed E-state index contributed by atoms with van der Waals surface area (Å²) in [6.45, 7) is 3.34. The van der Waals surface area contributed by atoms with Crippen LogP contribution in [0.15, 0.2) is 54.6 Å². The number of carbonyl (C=O) groups is 1. The highest BCUT2D eigenvalue weighted by atomic mass is 19.1. The maximum absolute atomic E-state index is 13.1. The lowest BCUT2D eigenvalue weighted by Gasteiger charge is -2.37. The van der Waals surface area contributed by atoms with Crippen molar-refractivity contribution in [1.29, 1.82) is 0 Å². The quantitative estimate of drug-likeness (QED) is 0.861. The van der Waals surface area contributed by atoms with Gasteiger partial charge in [0.25, 0.3) is 0 Å². The normalized spacial score (nSPS) is 18.3. The lowest BCUT2D eigenvalue weighted by molar-refractivity contribution is -0.122. The number of benzene rings is 2. The van der Waals surface area contributed by atoms with Crippen molar-refractivity contribution in [3.8, 4) is 0 Å². The zero-order valence-corrected chi connectivity index (χ0v) is 14.9. The summed E-state index contributed by atoms with van der Waals surface area (Å²) in [6, 6.07) is 15.1. The molecule has 0 spiro atoms. The van der Waals surface area contributed by atoms with Crippen LogP contribution in [0.5, 0.6) is 0 Å². The molecule has 1 saturated heterocycles. The van der Waals surface area contributed by atoms with Gasteiger partial charge in [-0.2, -0.15) is 0 Å². The highest BCUT2D eigenvalue weighted by Gasteiger charge is 2.32. The molecular formula is C21H25FN2O2. The summed E-state index contributed by atoms with van der Waals surface area (Å²) in [4.78, 5) is 15.2. The largest absolute Gasteiger partial charge is 0.393 e. The van der Waals surface area contributed by atoms with E-state index >= 15 is 0 Å². The van der Waals surface area contributed by atoms with E-state index in [9.17, 15) is 14.3 Å². The summed E-state index contributed by atoms with van der Waals surface area (Å²) < 4.78 is 13.1. The van der Waals surface area contributed by atoms with Crippen LogP contribution in [0, 0.1) is 11.7 Å². The average molecular weight is 356 g/mol. The lowest BCUT2D eigenvalue weighted by atomic mass is 9.90. The van der Waals surface area contributed by atoms with E-state index < -0.39 is 6.04 Å². The van der Waals surface area contributed by atoms with Gasteiger partial charge in [0, 0.05) is 5.69 Å². The Labute approximate surface area is 153 Å². The molecule has 3 rings (SSSR count). The molecular weight excluding hydrogens is 331 g/mol. The van der Waals surface area contributed by atoms with E-state index in [1.807, 2.05) is 37.3 Å². The maximum Gasteiger partial charge on any atom is 0.246 e. The van der Waals surface area contributed by atoms with Crippen LogP contribution in [0.1, 0.15) is 31.4 Å². The molecule has 0 saturated carbocycles. The van der Waals surface area contributed by atoms with Gasteiger partial charge >= 0.3 is 0 Å². The third-order valence-corrected chi connectivity index (χ3v) is 5.10. The molecule has 1 aliphatic rings. The van der Waals surface area contributed by atoms with Crippen LogP contribution in [0.25, 0.3) is 0 Å². The zero-order valence-electron chi connectivity index (χ0n) is 14.9. The Hall–Kier alpha value is -2.24. The van der Waals surface area contributed by atoms with Crippen LogP contribution < -0.4 is 5.32 Å². The minimum absolute atomic E-state index is 0.127. The summed E-state index contributed by atoms with van der Waals surface area (Å²) >= 11 is 0. The van der Waals surface area contributed by atoms with Crippen LogP contribution in [0.4, 0.5) is 10.1 Å². The van der Waals surface area contributed by atoms with E-state index in [0.717, 1.165) is 31.5 Å². The minimum atomic E-state index is -0.406. The first-order valence-corrected chi connectivity index (χ1v) is 9.08. The van der Waals surface area contributed by atoms with E-state index in [0.29, 0.717) is 5.69 Å². The summed E-state index contributed by atoms with van der Waals surface area (Å²) in [5.74, 6) is -0.177. The predicted octanol–water partition coefficient (Wildman–Crippen LogP) is 3.60. The number of amides is 1. The number of rotatable bonds is 5. The second-order valence-electron chi connectivity index (χ2n) is 6.92. The molecule has 1 aliphatic heterocycles. The standard InChI is InChI=1S/C21H25FN2O2/c1-15(25)16-11-13-24(14-12-16)20(17-5-3-2-4-6-17)21(26)23-19-9-7-18(22)8-10-19/h2-10,15-16,20,25H,11-14H2,1H3,(H,23,26)/t15-,20-/m1/s1. The first kappa shape index (κ1) is 18.5. The van der Waals surface area contributed by atoms with E-state index in [-0.39, 0.29) is 23.7 Å². The number of nitrogens with one attached hydrogen (secondary N) is 1. The molecule has 0 aromatic heterocycles. The number of halogens is 1. The van der Waals surface area contributed by atoms with Crippen molar-refractivity contribution in [2.75, 3.05) is 18.4 Å². The van der Waals surface area contributed by atoms with Crippen LogP contribution in [0.3, 0.4) is 0 Å². The van der Waals surface area contributed by atoms with Crippen LogP contribution in [-0.4, -0.2) is 35.1 Å². The highest BCUT2D eigenvalue weighted by molar-refractivity contribution is 5.95. The van der Waals surface area contributed by atoms with E-state index in [2.05, 4.69) is 10.2 Å². The van der Waals surface area contributed by atoms with Gasteiger partial charge in [-0.05, 0) is 68.6 Å². The first-order chi connectivity index (χ1) is 12.5. The molecule has 0 unspecified atom stereocenters. The monoisotopic (exact) mass is 356 g/mol. The number of likely N-dealkylation sites (tertiary alicyclic amines) is 1. The Kier molecular flexibility index (Phi) is 6.01. The molecule has 4 nitrogen and oxygen atoms in total. The van der Waals surface area contributed by atoms with Crippen molar-refractivity contribution in [2.24, 2.45) is 5.92 Å². The molecule has 2 aromatic rings. The van der Waals surface area contributed by atoms with Crippen LogP contribution in [-0.2, 0) is 4.79 Å². The molecule has 1 fully saturated rings. The van der Waals surface area contributed by atoms with Gasteiger partial charge in [-0.25, -0.2) is 4.39 Å². The molecule has 26 heavy (non-hydrogen) atoms. The smallest absolute Gasteiger partial charge is 0.246 e. The van der Waals surface area contributed by atoms with Crippen molar-refractivity contribution < 1.29 is 14.3 Å². The third kappa shape index (κ3) is 4.48. The SMILES string of the molecule is C[C@@H](O)C1CCN([C@@H](C(=O)Nc2ccc(F)cc2)c2ccccc2)CC1. The van der Waals surface area contributed by atoms with Gasteiger partial charge < -0.3 is 10.4 Å². The molecule has 2 aromatic carbocycles. The number of carbonyl (C=O) groups excluding carboxylic acids is 1. The summed E-state index contributed by atoms with van der Waals surface area (Å²) in [5, 5.41) is 12.7. The summed E-state index contributed by atoms with van der Waals surface area (Å²) in [7, 11) is 0. The van der Waals surface area contributed by atoms with Crippen molar-refractivity contribution in [1.82, 2.24) is 4.90 Å². The first-order valence-electron chi connectivity index (χ1n) is 9.08. The molecule has 1 amide bonds. The molecule has 0 radical (unpaired) electrons. The Morgan fingerprint density at radius 3 is 2.31 bits per heavy atom. The van der Waals surface area contributed by atoms with Gasteiger partial charge in [-0.15, -0.1) is 0 Å². The van der Waals surface area contributed by atoms with Gasteiger partial charge in [-0.1, -0.05) is 30.3 Å². The van der Waals surface area contributed by atoms with E-state index in [1.54, 1.807) is 12.1 Å². The Morgan fingerprint density at radius 1 is 1.12 bits per heavy atom. The van der Waals surface area contributed by atoms with Crippen molar-refractivity contribution in [3.05, 3.63) is 66.0 Å². The molecule has 1 heterocycles. The summed E-state index contributed by atoms with van der Waals surface area (Å²) in [6.07, 6.45) is 1.41. The zero-order chi connectivity index (χ0) is 18.5. The Balaban J connectivity index is 1.78. The molecule has 138 valence electrons.